The Morgan fingerprint density at radius 2 is 2.00 bits per heavy atom. The van der Waals surface area contributed by atoms with E-state index in [1.165, 1.54) is 6.42 Å². The van der Waals surface area contributed by atoms with E-state index in [1.54, 1.807) is 31.2 Å². The van der Waals surface area contributed by atoms with Crippen molar-refractivity contribution < 1.29 is 9.59 Å². The Morgan fingerprint density at radius 1 is 1.27 bits per heavy atom. The lowest BCUT2D eigenvalue weighted by Gasteiger charge is -2.18. The summed E-state index contributed by atoms with van der Waals surface area (Å²) in [6.45, 7) is 4.00. The molecule has 2 amide bonds. The lowest BCUT2D eigenvalue weighted by atomic mass is 9.89. The number of amides is 2. The van der Waals surface area contributed by atoms with E-state index in [0.29, 0.717) is 23.6 Å². The van der Waals surface area contributed by atoms with Crippen molar-refractivity contribution in [2.75, 3.05) is 5.32 Å². The Balaban J connectivity index is 1.92. The molecule has 2 N–H and O–H groups in total. The summed E-state index contributed by atoms with van der Waals surface area (Å²) >= 11 is 0. The maximum atomic E-state index is 12.1. The van der Waals surface area contributed by atoms with Gasteiger partial charge in [0, 0.05) is 23.4 Å². The van der Waals surface area contributed by atoms with Gasteiger partial charge in [-0.15, -0.1) is 0 Å². The highest BCUT2D eigenvalue weighted by Crippen LogP contribution is 2.21. The molecule has 1 aliphatic carbocycles. The molecule has 2 rings (SSSR count). The fourth-order valence-corrected chi connectivity index (χ4v) is 2.51. The maximum absolute atomic E-state index is 12.1. The van der Waals surface area contributed by atoms with Crippen molar-refractivity contribution in [1.29, 1.82) is 0 Å². The lowest BCUT2D eigenvalue weighted by molar-refractivity contribution is -0.115. The molecule has 22 heavy (non-hydrogen) atoms. The number of nitrogens with one attached hydrogen (secondary N) is 2. The molecule has 1 aliphatic rings. The first kappa shape index (κ1) is 16.2. The normalized spacial score (nSPS) is 19.7. The van der Waals surface area contributed by atoms with Crippen LogP contribution in [0.25, 0.3) is 0 Å². The van der Waals surface area contributed by atoms with Gasteiger partial charge in [-0.1, -0.05) is 13.8 Å². The topological polar surface area (TPSA) is 70.6 Å². The molecule has 0 bridgehead atoms. The van der Waals surface area contributed by atoms with Crippen LogP contribution in [0.15, 0.2) is 29.4 Å². The molecular weight excluding hydrogens is 278 g/mol. The number of anilines is 1. The predicted molar refractivity (Wildman–Crippen MR) is 87.9 cm³/mol. The molecule has 5 heteroatoms. The summed E-state index contributed by atoms with van der Waals surface area (Å²) in [7, 11) is 0. The number of carbonyl (C=O) groups excluding carboxylic acids is 2. The molecule has 1 atom stereocenters. The first-order valence-corrected chi connectivity index (χ1v) is 7.84. The van der Waals surface area contributed by atoms with Crippen molar-refractivity contribution in [3.63, 3.8) is 0 Å². The molecule has 1 fully saturated rings. The van der Waals surface area contributed by atoms with Crippen LogP contribution in [0.4, 0.5) is 5.69 Å². The molecule has 0 aliphatic heterocycles. The van der Waals surface area contributed by atoms with Gasteiger partial charge in [0.05, 0.1) is 0 Å². The number of rotatable bonds is 4. The van der Waals surface area contributed by atoms with Crippen LogP contribution in [0.5, 0.6) is 0 Å². The van der Waals surface area contributed by atoms with E-state index in [-0.39, 0.29) is 11.8 Å². The van der Waals surface area contributed by atoms with Crippen molar-refractivity contribution in [2.24, 2.45) is 11.0 Å². The zero-order valence-electron chi connectivity index (χ0n) is 13.2. The quantitative estimate of drug-likeness (QED) is 0.837. The van der Waals surface area contributed by atoms with Crippen molar-refractivity contribution >= 4 is 23.2 Å². The number of nitrogens with zero attached hydrogens (tertiary/aromatic N) is 1. The average Bonchev–Trinajstić information content (AvgIpc) is 2.53. The predicted octanol–water partition coefficient (Wildman–Crippen LogP) is 3.33. The SMILES string of the molecule is CCC(=O)Nc1ccc(C(=O)NN=C2CCC[C@H](C)C2)cc1. The largest absolute Gasteiger partial charge is 0.326 e. The fraction of sp³-hybridized carbons (Fsp3) is 0.471. The molecule has 0 unspecified atom stereocenters. The standard InChI is InChI=1S/C17H23N3O2/c1-3-16(21)18-14-9-7-13(8-10-14)17(22)20-19-15-6-4-5-12(2)11-15/h7-10,12H,3-6,11H2,1-2H3,(H,18,21)(H,20,22)/t12-/m0/s1. The number of benzene rings is 1. The van der Waals surface area contributed by atoms with Crippen LogP contribution in [0.2, 0.25) is 0 Å². The summed E-state index contributed by atoms with van der Waals surface area (Å²) in [5, 5.41) is 6.99. The zero-order chi connectivity index (χ0) is 15.9. The molecule has 0 spiro atoms. The molecule has 118 valence electrons. The molecular formula is C17H23N3O2. The molecule has 1 aromatic rings. The monoisotopic (exact) mass is 301 g/mol. The second kappa shape index (κ2) is 7.73. The highest BCUT2D eigenvalue weighted by Gasteiger charge is 2.14. The van der Waals surface area contributed by atoms with Crippen molar-refractivity contribution in [3.8, 4) is 0 Å². The second-order valence-electron chi connectivity index (χ2n) is 5.80. The average molecular weight is 301 g/mol. The van der Waals surface area contributed by atoms with Crippen LogP contribution < -0.4 is 10.7 Å². The molecule has 1 aromatic carbocycles. The van der Waals surface area contributed by atoms with Crippen LogP contribution in [-0.2, 0) is 4.79 Å². The molecule has 5 nitrogen and oxygen atoms in total. The number of hydrogen-bond acceptors (Lipinski definition) is 3. The minimum Gasteiger partial charge on any atom is -0.326 e. The summed E-state index contributed by atoms with van der Waals surface area (Å²) in [5.74, 6) is 0.375. The Hall–Kier alpha value is -2.17. The van der Waals surface area contributed by atoms with Crippen LogP contribution in [0.3, 0.4) is 0 Å². The summed E-state index contributed by atoms with van der Waals surface area (Å²) < 4.78 is 0. The highest BCUT2D eigenvalue weighted by atomic mass is 16.2. The van der Waals surface area contributed by atoms with E-state index in [1.807, 2.05) is 0 Å². The van der Waals surface area contributed by atoms with Gasteiger partial charge in [-0.05, 0) is 55.9 Å². The first-order chi connectivity index (χ1) is 10.6. The summed E-state index contributed by atoms with van der Waals surface area (Å²) in [5.41, 5.74) is 4.91. The smallest absolute Gasteiger partial charge is 0.271 e. The van der Waals surface area contributed by atoms with Crippen molar-refractivity contribution in [2.45, 2.75) is 46.0 Å². The summed E-state index contributed by atoms with van der Waals surface area (Å²) in [6.07, 6.45) is 4.73. The van der Waals surface area contributed by atoms with Crippen molar-refractivity contribution in [3.05, 3.63) is 29.8 Å². The minimum atomic E-state index is -0.223. The van der Waals surface area contributed by atoms with E-state index in [9.17, 15) is 9.59 Å². The number of hydrogen-bond donors (Lipinski definition) is 2. The number of hydrazone groups is 1. The van der Waals surface area contributed by atoms with Gasteiger partial charge >= 0.3 is 0 Å². The maximum Gasteiger partial charge on any atom is 0.271 e. The van der Waals surface area contributed by atoms with Crippen LogP contribution in [0.1, 0.15) is 56.3 Å². The Kier molecular flexibility index (Phi) is 5.69. The van der Waals surface area contributed by atoms with Crippen LogP contribution >= 0.6 is 0 Å². The molecule has 0 saturated heterocycles. The van der Waals surface area contributed by atoms with Gasteiger partial charge in [0.15, 0.2) is 0 Å². The molecule has 0 radical (unpaired) electrons. The number of carbonyl (C=O) groups is 2. The summed E-state index contributed by atoms with van der Waals surface area (Å²) in [6, 6.07) is 6.81. The Bertz CT molecular complexity index is 564. The molecule has 1 saturated carbocycles. The van der Waals surface area contributed by atoms with Gasteiger partial charge in [0.25, 0.3) is 5.91 Å². The van der Waals surface area contributed by atoms with E-state index < -0.39 is 0 Å². The first-order valence-electron chi connectivity index (χ1n) is 7.84. The van der Waals surface area contributed by atoms with Crippen LogP contribution in [0, 0.1) is 5.92 Å². The zero-order valence-corrected chi connectivity index (χ0v) is 13.2. The Labute approximate surface area is 131 Å². The third-order valence-electron chi connectivity index (χ3n) is 3.81. The van der Waals surface area contributed by atoms with Gasteiger partial charge in [-0.3, -0.25) is 9.59 Å². The third kappa shape index (κ3) is 4.69. The van der Waals surface area contributed by atoms with Gasteiger partial charge in [0.2, 0.25) is 5.91 Å². The Morgan fingerprint density at radius 3 is 2.64 bits per heavy atom. The molecule has 0 heterocycles. The highest BCUT2D eigenvalue weighted by molar-refractivity contribution is 5.96. The fourth-order valence-electron chi connectivity index (χ4n) is 2.51. The van der Waals surface area contributed by atoms with E-state index >= 15 is 0 Å². The van der Waals surface area contributed by atoms with Gasteiger partial charge < -0.3 is 5.32 Å². The lowest BCUT2D eigenvalue weighted by Crippen LogP contribution is -2.22. The molecule has 0 aromatic heterocycles. The summed E-state index contributed by atoms with van der Waals surface area (Å²) in [4.78, 5) is 23.3. The minimum absolute atomic E-state index is 0.0463. The second-order valence-corrected chi connectivity index (χ2v) is 5.80. The third-order valence-corrected chi connectivity index (χ3v) is 3.81. The van der Waals surface area contributed by atoms with E-state index in [2.05, 4.69) is 22.8 Å². The van der Waals surface area contributed by atoms with Crippen LogP contribution in [-0.4, -0.2) is 17.5 Å². The van der Waals surface area contributed by atoms with E-state index in [0.717, 1.165) is 25.0 Å². The van der Waals surface area contributed by atoms with Gasteiger partial charge in [-0.2, -0.15) is 5.10 Å². The van der Waals surface area contributed by atoms with E-state index in [4.69, 9.17) is 0 Å². The van der Waals surface area contributed by atoms with Gasteiger partial charge in [-0.25, -0.2) is 5.43 Å². The van der Waals surface area contributed by atoms with Crippen molar-refractivity contribution in [1.82, 2.24) is 5.43 Å². The van der Waals surface area contributed by atoms with Gasteiger partial charge in [0.1, 0.15) is 0 Å².